The maximum atomic E-state index is 12.6. The lowest BCUT2D eigenvalue weighted by molar-refractivity contribution is 0.0925. The van der Waals surface area contributed by atoms with E-state index in [0.717, 1.165) is 36.1 Å². The minimum absolute atomic E-state index is 0.197. The number of hydrogen-bond donors (Lipinski definition) is 2. The lowest BCUT2D eigenvalue weighted by atomic mass is 9.96. The molecule has 0 aliphatic heterocycles. The van der Waals surface area contributed by atoms with Crippen molar-refractivity contribution < 1.29 is 4.79 Å². The zero-order chi connectivity index (χ0) is 18.5. The number of H-pyrrole nitrogens is 1. The van der Waals surface area contributed by atoms with Crippen LogP contribution >= 0.6 is 0 Å². The number of aromatic nitrogens is 1. The van der Waals surface area contributed by atoms with Crippen LogP contribution in [0.25, 0.3) is 11.3 Å². The van der Waals surface area contributed by atoms with Gasteiger partial charge < -0.3 is 10.3 Å². The van der Waals surface area contributed by atoms with Gasteiger partial charge in [0.1, 0.15) is 5.56 Å². The molecule has 1 aliphatic carbocycles. The summed E-state index contributed by atoms with van der Waals surface area (Å²) in [6.07, 6.45) is 6.87. The summed E-state index contributed by atoms with van der Waals surface area (Å²) in [6.45, 7) is 4.21. The minimum atomic E-state index is -0.329. The van der Waals surface area contributed by atoms with Crippen LogP contribution in [0.1, 0.15) is 61.4 Å². The van der Waals surface area contributed by atoms with Gasteiger partial charge in [0, 0.05) is 11.7 Å². The number of carbonyl (C=O) groups is 1. The topological polar surface area (TPSA) is 62.0 Å². The minimum Gasteiger partial charge on any atom is -0.349 e. The average molecular weight is 352 g/mol. The van der Waals surface area contributed by atoms with Gasteiger partial charge in [0.05, 0.1) is 0 Å². The molecule has 1 saturated carbocycles. The molecule has 1 fully saturated rings. The first kappa shape index (κ1) is 18.4. The molecular formula is C22H28N2O2. The monoisotopic (exact) mass is 352 g/mol. The molecule has 2 atom stereocenters. The van der Waals surface area contributed by atoms with Gasteiger partial charge >= 0.3 is 0 Å². The van der Waals surface area contributed by atoms with Crippen molar-refractivity contribution in [3.63, 3.8) is 0 Å². The molecule has 3 rings (SSSR count). The molecule has 0 saturated heterocycles. The highest BCUT2D eigenvalue weighted by atomic mass is 16.2. The van der Waals surface area contributed by atoms with Gasteiger partial charge in [0.15, 0.2) is 0 Å². The summed E-state index contributed by atoms with van der Waals surface area (Å²) in [7, 11) is 0. The second-order valence-corrected chi connectivity index (χ2v) is 7.40. The van der Waals surface area contributed by atoms with E-state index < -0.39 is 0 Å². The molecule has 1 heterocycles. The van der Waals surface area contributed by atoms with Crippen LogP contribution in [0.4, 0.5) is 0 Å². The van der Waals surface area contributed by atoms with E-state index in [1.807, 2.05) is 37.3 Å². The quantitative estimate of drug-likeness (QED) is 0.807. The van der Waals surface area contributed by atoms with Crippen LogP contribution in [0.2, 0.25) is 0 Å². The van der Waals surface area contributed by atoms with Crippen molar-refractivity contribution in [1.82, 2.24) is 10.3 Å². The second kappa shape index (κ2) is 8.35. The number of pyridine rings is 1. The van der Waals surface area contributed by atoms with Crippen molar-refractivity contribution in [2.75, 3.05) is 0 Å². The van der Waals surface area contributed by atoms with Crippen LogP contribution in [-0.2, 0) is 0 Å². The lowest BCUT2D eigenvalue weighted by Gasteiger charge is -2.20. The Morgan fingerprint density at radius 3 is 2.81 bits per heavy atom. The summed E-state index contributed by atoms with van der Waals surface area (Å²) in [5, 5.41) is 3.10. The summed E-state index contributed by atoms with van der Waals surface area (Å²) in [4.78, 5) is 27.9. The molecule has 0 spiro atoms. The van der Waals surface area contributed by atoms with Gasteiger partial charge in [0.25, 0.3) is 11.5 Å². The predicted octanol–water partition coefficient (Wildman–Crippen LogP) is 4.44. The smallest absolute Gasteiger partial charge is 0.261 e. The van der Waals surface area contributed by atoms with E-state index in [2.05, 4.69) is 17.2 Å². The second-order valence-electron chi connectivity index (χ2n) is 7.40. The summed E-state index contributed by atoms with van der Waals surface area (Å²) in [5.74, 6) is 0.292. The van der Waals surface area contributed by atoms with Crippen LogP contribution in [-0.4, -0.2) is 16.9 Å². The van der Waals surface area contributed by atoms with E-state index in [0.29, 0.717) is 5.92 Å². The molecule has 138 valence electrons. The van der Waals surface area contributed by atoms with Crippen molar-refractivity contribution in [1.29, 1.82) is 0 Å². The molecular weight excluding hydrogens is 324 g/mol. The van der Waals surface area contributed by atoms with Crippen molar-refractivity contribution in [2.24, 2.45) is 5.92 Å². The Morgan fingerprint density at radius 1 is 1.23 bits per heavy atom. The molecule has 2 N–H and O–H groups in total. The summed E-state index contributed by atoms with van der Waals surface area (Å²) in [5.41, 5.74) is 2.68. The maximum Gasteiger partial charge on any atom is 0.261 e. The molecule has 4 nitrogen and oxygen atoms in total. The fourth-order valence-corrected chi connectivity index (χ4v) is 3.92. The molecule has 1 aromatic heterocycles. The number of unbranched alkanes of at least 4 members (excludes halogenated alkanes) is 1. The highest BCUT2D eigenvalue weighted by Gasteiger charge is 2.28. The highest BCUT2D eigenvalue weighted by molar-refractivity contribution is 5.94. The van der Waals surface area contributed by atoms with E-state index in [1.54, 1.807) is 6.07 Å². The van der Waals surface area contributed by atoms with Gasteiger partial charge in [-0.2, -0.15) is 0 Å². The zero-order valence-electron chi connectivity index (χ0n) is 15.7. The molecule has 1 aliphatic rings. The molecule has 4 heteroatoms. The number of benzene rings is 1. The fraction of sp³-hybridized carbons (Fsp3) is 0.455. The van der Waals surface area contributed by atoms with E-state index >= 15 is 0 Å². The maximum absolute atomic E-state index is 12.6. The van der Waals surface area contributed by atoms with E-state index in [-0.39, 0.29) is 23.1 Å². The van der Waals surface area contributed by atoms with Crippen LogP contribution < -0.4 is 10.9 Å². The summed E-state index contributed by atoms with van der Waals surface area (Å²) < 4.78 is 0. The van der Waals surface area contributed by atoms with E-state index in [4.69, 9.17) is 0 Å². The normalized spacial score (nSPS) is 19.5. The Labute approximate surface area is 155 Å². The van der Waals surface area contributed by atoms with Crippen LogP contribution in [0.5, 0.6) is 0 Å². The number of hydrogen-bond acceptors (Lipinski definition) is 2. The molecule has 0 radical (unpaired) electrons. The molecule has 2 aromatic rings. The number of nitrogens with one attached hydrogen (secondary N) is 2. The van der Waals surface area contributed by atoms with Gasteiger partial charge in [-0.05, 0) is 55.9 Å². The van der Waals surface area contributed by atoms with Crippen molar-refractivity contribution >= 4 is 5.91 Å². The Morgan fingerprint density at radius 2 is 2.08 bits per heavy atom. The first-order valence-corrected chi connectivity index (χ1v) is 9.69. The number of carbonyl (C=O) groups excluding carboxylic acids is 1. The fourth-order valence-electron chi connectivity index (χ4n) is 3.92. The Bertz CT molecular complexity index is 825. The first-order valence-electron chi connectivity index (χ1n) is 9.69. The zero-order valence-corrected chi connectivity index (χ0v) is 15.7. The van der Waals surface area contributed by atoms with Crippen LogP contribution in [0.3, 0.4) is 0 Å². The SMILES string of the molecule is CCCCC1CCCC1NC(=O)c1ccc(-c2cccc(C)c2)[nH]c1=O. The highest BCUT2D eigenvalue weighted by Crippen LogP contribution is 2.30. The average Bonchev–Trinajstić information content (AvgIpc) is 3.06. The number of aryl methyl sites for hydroxylation is 1. The number of rotatable bonds is 6. The van der Waals surface area contributed by atoms with Gasteiger partial charge in [-0.3, -0.25) is 9.59 Å². The first-order chi connectivity index (χ1) is 12.6. The van der Waals surface area contributed by atoms with Crippen molar-refractivity contribution in [3.8, 4) is 11.3 Å². The lowest BCUT2D eigenvalue weighted by Crippen LogP contribution is -2.39. The van der Waals surface area contributed by atoms with Crippen molar-refractivity contribution in [3.05, 3.63) is 57.9 Å². The molecule has 0 bridgehead atoms. The summed E-state index contributed by atoms with van der Waals surface area (Å²) in [6, 6.07) is 11.6. The van der Waals surface area contributed by atoms with E-state index in [9.17, 15) is 9.59 Å². The standard InChI is InChI=1S/C22H28N2O2/c1-3-4-8-16-9-6-11-19(16)23-21(25)18-12-13-20(24-22(18)26)17-10-5-7-15(2)14-17/h5,7,10,12-14,16,19H,3-4,6,8-9,11H2,1-2H3,(H,23,25)(H,24,26). The van der Waals surface area contributed by atoms with Crippen molar-refractivity contribution in [2.45, 2.75) is 58.4 Å². The predicted molar refractivity (Wildman–Crippen MR) is 105 cm³/mol. The number of amides is 1. The third-order valence-electron chi connectivity index (χ3n) is 5.39. The Balaban J connectivity index is 1.73. The van der Waals surface area contributed by atoms with E-state index in [1.165, 1.54) is 19.3 Å². The van der Waals surface area contributed by atoms with Crippen LogP contribution in [0, 0.1) is 12.8 Å². The van der Waals surface area contributed by atoms with Gasteiger partial charge in [-0.25, -0.2) is 0 Å². The van der Waals surface area contributed by atoms with Gasteiger partial charge in [0.2, 0.25) is 0 Å². The molecule has 26 heavy (non-hydrogen) atoms. The largest absolute Gasteiger partial charge is 0.349 e. The molecule has 1 amide bonds. The molecule has 2 unspecified atom stereocenters. The summed E-state index contributed by atoms with van der Waals surface area (Å²) >= 11 is 0. The third-order valence-corrected chi connectivity index (χ3v) is 5.39. The third kappa shape index (κ3) is 4.24. The van der Waals surface area contributed by atoms with Gasteiger partial charge in [-0.1, -0.05) is 49.9 Å². The molecule has 1 aromatic carbocycles. The van der Waals surface area contributed by atoms with Crippen LogP contribution in [0.15, 0.2) is 41.2 Å². The Kier molecular flexibility index (Phi) is 5.92. The number of aromatic amines is 1. The Hall–Kier alpha value is -2.36. The van der Waals surface area contributed by atoms with Gasteiger partial charge in [-0.15, -0.1) is 0 Å².